The first-order valence-corrected chi connectivity index (χ1v) is 7.72. The summed E-state index contributed by atoms with van der Waals surface area (Å²) in [6.45, 7) is 0. The Morgan fingerprint density at radius 2 is 1.70 bits per heavy atom. The molecule has 3 aromatic rings. The Labute approximate surface area is 134 Å². The number of aromatic nitrogens is 2. The zero-order valence-electron chi connectivity index (χ0n) is 12.7. The molecule has 1 aromatic heterocycles. The van der Waals surface area contributed by atoms with Gasteiger partial charge in [-0.1, -0.05) is 42.5 Å². The van der Waals surface area contributed by atoms with Crippen LogP contribution in [0.1, 0.15) is 30.0 Å². The monoisotopic (exact) mass is 306 g/mol. The molecule has 2 aromatic carbocycles. The fraction of sp³-hybridized carbons (Fsp3) is 0.211. The Hall–Kier alpha value is -2.75. The fourth-order valence-corrected chi connectivity index (χ4v) is 2.72. The summed E-state index contributed by atoms with van der Waals surface area (Å²) in [5, 5.41) is 9.44. The number of nitrogens with zero attached hydrogens (tertiary/aromatic N) is 2. The van der Waals surface area contributed by atoms with Gasteiger partial charge in [-0.3, -0.25) is 9.78 Å². The third-order valence-corrected chi connectivity index (χ3v) is 3.92. The highest BCUT2D eigenvalue weighted by atomic mass is 16.4. The van der Waals surface area contributed by atoms with Crippen LogP contribution in [0.15, 0.2) is 60.8 Å². The van der Waals surface area contributed by atoms with E-state index >= 15 is 0 Å². The number of carboxylic acids is 1. The van der Waals surface area contributed by atoms with Crippen molar-refractivity contribution in [1.29, 1.82) is 0 Å². The minimum Gasteiger partial charge on any atom is -0.481 e. The van der Waals surface area contributed by atoms with E-state index in [1.54, 1.807) is 6.20 Å². The van der Waals surface area contributed by atoms with Crippen molar-refractivity contribution < 1.29 is 9.90 Å². The van der Waals surface area contributed by atoms with Crippen molar-refractivity contribution in [3.63, 3.8) is 0 Å². The van der Waals surface area contributed by atoms with E-state index in [4.69, 9.17) is 0 Å². The van der Waals surface area contributed by atoms with Crippen LogP contribution in [-0.2, 0) is 11.2 Å². The van der Waals surface area contributed by atoms with Gasteiger partial charge in [0.25, 0.3) is 0 Å². The van der Waals surface area contributed by atoms with Crippen LogP contribution in [0.5, 0.6) is 0 Å². The zero-order chi connectivity index (χ0) is 16.1. The Morgan fingerprint density at radius 1 is 1.00 bits per heavy atom. The lowest BCUT2D eigenvalue weighted by molar-refractivity contribution is -0.139. The highest BCUT2D eigenvalue weighted by Crippen LogP contribution is 2.22. The summed E-state index contributed by atoms with van der Waals surface area (Å²) in [6.07, 6.45) is 3.86. The van der Waals surface area contributed by atoms with Crippen LogP contribution >= 0.6 is 0 Å². The molecule has 0 saturated heterocycles. The third-order valence-electron chi connectivity index (χ3n) is 3.92. The number of aryl methyl sites for hydroxylation is 1. The van der Waals surface area contributed by atoms with E-state index in [-0.39, 0.29) is 0 Å². The number of carbonyl (C=O) groups is 1. The smallest absolute Gasteiger partial charge is 0.310 e. The van der Waals surface area contributed by atoms with Crippen LogP contribution in [0.4, 0.5) is 0 Å². The molecular formula is C19H18N2O2. The maximum atomic E-state index is 11.5. The standard InChI is InChI=1S/C19H18N2O2/c22-19(23)16(14-7-2-1-3-8-14)10-6-9-15-13-20-17-11-4-5-12-18(17)21-15/h1-5,7-8,11-13,16H,6,9-10H2,(H,22,23). The Morgan fingerprint density at radius 3 is 2.43 bits per heavy atom. The maximum absolute atomic E-state index is 11.5. The van der Waals surface area contributed by atoms with E-state index in [0.29, 0.717) is 6.42 Å². The number of benzene rings is 2. The number of fused-ring (bicyclic) bond motifs is 1. The number of aliphatic carboxylic acids is 1. The topological polar surface area (TPSA) is 63.1 Å². The van der Waals surface area contributed by atoms with Crippen molar-refractivity contribution in [3.8, 4) is 0 Å². The normalized spacial score (nSPS) is 12.2. The average molecular weight is 306 g/mol. The first kappa shape index (κ1) is 15.2. The molecular weight excluding hydrogens is 288 g/mol. The predicted octanol–water partition coefficient (Wildman–Crippen LogP) is 3.82. The Kier molecular flexibility index (Phi) is 4.62. The number of hydrogen-bond acceptors (Lipinski definition) is 3. The van der Waals surface area contributed by atoms with Crippen LogP contribution in [0.2, 0.25) is 0 Å². The molecule has 1 N–H and O–H groups in total. The van der Waals surface area contributed by atoms with Crippen molar-refractivity contribution in [3.05, 3.63) is 72.1 Å². The fourth-order valence-electron chi connectivity index (χ4n) is 2.72. The van der Waals surface area contributed by atoms with Crippen molar-refractivity contribution in [1.82, 2.24) is 9.97 Å². The van der Waals surface area contributed by atoms with Gasteiger partial charge in [0.1, 0.15) is 0 Å². The summed E-state index contributed by atoms with van der Waals surface area (Å²) in [6, 6.07) is 17.1. The van der Waals surface area contributed by atoms with Crippen molar-refractivity contribution in [2.45, 2.75) is 25.2 Å². The Balaban J connectivity index is 1.65. The van der Waals surface area contributed by atoms with E-state index in [1.807, 2.05) is 54.6 Å². The van der Waals surface area contributed by atoms with E-state index in [0.717, 1.165) is 35.1 Å². The molecule has 4 nitrogen and oxygen atoms in total. The summed E-state index contributed by atoms with van der Waals surface area (Å²) >= 11 is 0. The summed E-state index contributed by atoms with van der Waals surface area (Å²) in [5.41, 5.74) is 3.51. The quantitative estimate of drug-likeness (QED) is 0.752. The first-order chi connectivity index (χ1) is 11.2. The van der Waals surface area contributed by atoms with Gasteiger partial charge in [0, 0.05) is 6.20 Å². The highest BCUT2D eigenvalue weighted by molar-refractivity contribution is 5.76. The van der Waals surface area contributed by atoms with Gasteiger partial charge in [0.15, 0.2) is 0 Å². The molecule has 4 heteroatoms. The summed E-state index contributed by atoms with van der Waals surface area (Å²) in [7, 11) is 0. The van der Waals surface area contributed by atoms with Gasteiger partial charge in [-0.15, -0.1) is 0 Å². The summed E-state index contributed by atoms with van der Waals surface area (Å²) < 4.78 is 0. The number of carboxylic acid groups (broad SMARTS) is 1. The molecule has 1 atom stereocenters. The predicted molar refractivity (Wildman–Crippen MR) is 89.3 cm³/mol. The number of para-hydroxylation sites is 2. The van der Waals surface area contributed by atoms with E-state index in [1.165, 1.54) is 0 Å². The molecule has 0 aliphatic rings. The van der Waals surface area contributed by atoms with Gasteiger partial charge in [0.05, 0.1) is 22.6 Å². The molecule has 23 heavy (non-hydrogen) atoms. The lowest BCUT2D eigenvalue weighted by Crippen LogP contribution is -2.12. The largest absolute Gasteiger partial charge is 0.481 e. The van der Waals surface area contributed by atoms with Gasteiger partial charge < -0.3 is 5.11 Å². The zero-order valence-corrected chi connectivity index (χ0v) is 12.7. The minimum atomic E-state index is -0.777. The van der Waals surface area contributed by atoms with Gasteiger partial charge in [0.2, 0.25) is 0 Å². The summed E-state index contributed by atoms with van der Waals surface area (Å²) in [5.74, 6) is -1.24. The maximum Gasteiger partial charge on any atom is 0.310 e. The van der Waals surface area contributed by atoms with E-state index in [2.05, 4.69) is 9.97 Å². The SMILES string of the molecule is O=C(O)C(CCCc1cnc2ccccc2n1)c1ccccc1. The molecule has 0 fully saturated rings. The van der Waals surface area contributed by atoms with Crippen LogP contribution < -0.4 is 0 Å². The molecule has 116 valence electrons. The molecule has 0 saturated carbocycles. The second-order valence-corrected chi connectivity index (χ2v) is 5.54. The summed E-state index contributed by atoms with van der Waals surface area (Å²) in [4.78, 5) is 20.5. The van der Waals surface area contributed by atoms with Gasteiger partial charge in [-0.05, 0) is 37.0 Å². The first-order valence-electron chi connectivity index (χ1n) is 7.72. The molecule has 1 unspecified atom stereocenters. The van der Waals surface area contributed by atoms with E-state index in [9.17, 15) is 9.90 Å². The van der Waals surface area contributed by atoms with Crippen LogP contribution in [0.25, 0.3) is 11.0 Å². The lowest BCUT2D eigenvalue weighted by Gasteiger charge is -2.12. The van der Waals surface area contributed by atoms with Gasteiger partial charge in [-0.2, -0.15) is 0 Å². The number of rotatable bonds is 6. The van der Waals surface area contributed by atoms with Crippen molar-refractivity contribution in [2.24, 2.45) is 0 Å². The second-order valence-electron chi connectivity index (χ2n) is 5.54. The molecule has 0 bridgehead atoms. The second kappa shape index (κ2) is 7.01. The van der Waals surface area contributed by atoms with E-state index < -0.39 is 11.9 Å². The van der Waals surface area contributed by atoms with Crippen LogP contribution in [0, 0.1) is 0 Å². The molecule has 0 amide bonds. The minimum absolute atomic E-state index is 0.468. The van der Waals surface area contributed by atoms with Gasteiger partial charge >= 0.3 is 5.97 Å². The molecule has 0 aliphatic heterocycles. The average Bonchev–Trinajstić information content (AvgIpc) is 2.59. The number of hydrogen-bond donors (Lipinski definition) is 1. The van der Waals surface area contributed by atoms with Crippen LogP contribution in [0.3, 0.4) is 0 Å². The third kappa shape index (κ3) is 3.72. The van der Waals surface area contributed by atoms with Crippen molar-refractivity contribution in [2.75, 3.05) is 0 Å². The highest BCUT2D eigenvalue weighted by Gasteiger charge is 2.19. The molecule has 0 radical (unpaired) electrons. The molecule has 0 spiro atoms. The van der Waals surface area contributed by atoms with Gasteiger partial charge in [-0.25, -0.2) is 4.98 Å². The van der Waals surface area contributed by atoms with Crippen LogP contribution in [-0.4, -0.2) is 21.0 Å². The Bertz CT molecular complexity index is 803. The van der Waals surface area contributed by atoms with Crippen molar-refractivity contribution >= 4 is 17.0 Å². The molecule has 3 rings (SSSR count). The lowest BCUT2D eigenvalue weighted by atomic mass is 9.93. The molecule has 0 aliphatic carbocycles. The molecule has 1 heterocycles.